The average molecular weight is 343 g/mol. The van der Waals surface area contributed by atoms with E-state index in [-0.39, 0.29) is 6.04 Å². The average Bonchev–Trinajstić information content (AvgIpc) is 2.87. The van der Waals surface area contributed by atoms with Gasteiger partial charge >= 0.3 is 0 Å². The highest BCUT2D eigenvalue weighted by atomic mass is 79.9. The monoisotopic (exact) mass is 342 g/mol. The van der Waals surface area contributed by atoms with Crippen LogP contribution in [-0.4, -0.2) is 54.4 Å². The van der Waals surface area contributed by atoms with Gasteiger partial charge in [0.25, 0.3) is 0 Å². The van der Waals surface area contributed by atoms with Crippen molar-refractivity contribution in [2.45, 2.75) is 13.0 Å². The van der Waals surface area contributed by atoms with Gasteiger partial charge in [-0.1, -0.05) is 0 Å². The lowest BCUT2D eigenvalue weighted by Gasteiger charge is -2.29. The molecule has 0 aliphatic carbocycles. The lowest BCUT2D eigenvalue weighted by Crippen LogP contribution is -2.39. The van der Waals surface area contributed by atoms with Crippen LogP contribution < -0.4 is 4.90 Å². The van der Waals surface area contributed by atoms with Crippen molar-refractivity contribution in [3.63, 3.8) is 0 Å². The third kappa shape index (κ3) is 3.28. The second-order valence-electron chi connectivity index (χ2n) is 4.54. The van der Waals surface area contributed by atoms with E-state index in [9.17, 15) is 0 Å². The quantitative estimate of drug-likeness (QED) is 0.770. The Balaban J connectivity index is 2.40. The summed E-state index contributed by atoms with van der Waals surface area (Å²) in [6.07, 6.45) is 5.56. The fourth-order valence-electron chi connectivity index (χ4n) is 2.13. The lowest BCUT2D eigenvalue weighted by atomic mass is 10.3. The molecule has 0 fully saturated rings. The number of aromatic nitrogens is 3. The molecule has 0 aliphatic heterocycles. The first kappa shape index (κ1) is 15.2. The SMILES string of the molecule is COCCN(c1nc(Br)cn2ccnc12)C(C)COC. The van der Waals surface area contributed by atoms with Crippen molar-refractivity contribution in [2.24, 2.45) is 0 Å². The van der Waals surface area contributed by atoms with Gasteiger partial charge in [-0.05, 0) is 22.9 Å². The number of hydrogen-bond acceptors (Lipinski definition) is 5. The van der Waals surface area contributed by atoms with Crippen molar-refractivity contribution in [1.29, 1.82) is 0 Å². The number of anilines is 1. The van der Waals surface area contributed by atoms with Crippen molar-refractivity contribution in [3.8, 4) is 0 Å². The molecule has 6 nitrogen and oxygen atoms in total. The van der Waals surface area contributed by atoms with Gasteiger partial charge in [0, 0.05) is 39.4 Å². The summed E-state index contributed by atoms with van der Waals surface area (Å²) in [5, 5.41) is 0. The summed E-state index contributed by atoms with van der Waals surface area (Å²) < 4.78 is 13.2. The maximum absolute atomic E-state index is 5.26. The molecule has 2 aromatic heterocycles. The van der Waals surface area contributed by atoms with Crippen LogP contribution in [0.2, 0.25) is 0 Å². The van der Waals surface area contributed by atoms with E-state index < -0.39 is 0 Å². The summed E-state index contributed by atoms with van der Waals surface area (Å²) in [6, 6.07) is 0.178. The first-order valence-corrected chi connectivity index (χ1v) is 7.20. The summed E-state index contributed by atoms with van der Waals surface area (Å²) in [7, 11) is 3.39. The molecular weight excluding hydrogens is 324 g/mol. The molecule has 0 N–H and O–H groups in total. The van der Waals surface area contributed by atoms with Gasteiger partial charge in [0.2, 0.25) is 0 Å². The molecule has 0 radical (unpaired) electrons. The van der Waals surface area contributed by atoms with Crippen LogP contribution in [0, 0.1) is 0 Å². The van der Waals surface area contributed by atoms with Crippen LogP contribution in [-0.2, 0) is 9.47 Å². The summed E-state index contributed by atoms with van der Waals surface area (Å²) in [5.41, 5.74) is 0.826. The Kier molecular flexibility index (Phi) is 5.33. The first-order chi connectivity index (χ1) is 9.67. The molecule has 0 aromatic carbocycles. The molecule has 110 valence electrons. The largest absolute Gasteiger partial charge is 0.383 e. The Morgan fingerprint density at radius 1 is 1.40 bits per heavy atom. The summed E-state index contributed by atoms with van der Waals surface area (Å²) >= 11 is 3.44. The van der Waals surface area contributed by atoms with Crippen LogP contribution in [0.1, 0.15) is 6.92 Å². The van der Waals surface area contributed by atoms with E-state index in [2.05, 4.69) is 37.7 Å². The molecular formula is C13H19BrN4O2. The van der Waals surface area contributed by atoms with Gasteiger partial charge in [-0.25, -0.2) is 9.97 Å². The van der Waals surface area contributed by atoms with Crippen molar-refractivity contribution >= 4 is 27.4 Å². The topological polar surface area (TPSA) is 51.9 Å². The number of imidazole rings is 1. The molecule has 0 bridgehead atoms. The fraction of sp³-hybridized carbons (Fsp3) is 0.538. The second-order valence-corrected chi connectivity index (χ2v) is 5.35. The normalized spacial score (nSPS) is 12.8. The molecule has 20 heavy (non-hydrogen) atoms. The molecule has 0 spiro atoms. The number of hydrogen-bond donors (Lipinski definition) is 0. The minimum Gasteiger partial charge on any atom is -0.383 e. The Hall–Kier alpha value is -1.18. The number of ether oxygens (including phenoxy) is 2. The number of methoxy groups -OCH3 is 2. The molecule has 2 heterocycles. The lowest BCUT2D eigenvalue weighted by molar-refractivity contribution is 0.170. The molecule has 7 heteroatoms. The van der Waals surface area contributed by atoms with E-state index in [0.29, 0.717) is 13.2 Å². The van der Waals surface area contributed by atoms with Crippen LogP contribution >= 0.6 is 15.9 Å². The smallest absolute Gasteiger partial charge is 0.180 e. The minimum absolute atomic E-state index is 0.178. The maximum atomic E-state index is 5.26. The molecule has 0 saturated carbocycles. The van der Waals surface area contributed by atoms with E-state index >= 15 is 0 Å². The van der Waals surface area contributed by atoms with E-state index in [4.69, 9.17) is 9.47 Å². The van der Waals surface area contributed by atoms with Crippen LogP contribution in [0.15, 0.2) is 23.2 Å². The van der Waals surface area contributed by atoms with Crippen molar-refractivity contribution in [3.05, 3.63) is 23.2 Å². The Morgan fingerprint density at radius 3 is 2.90 bits per heavy atom. The van der Waals surface area contributed by atoms with E-state index in [1.807, 2.05) is 16.8 Å². The molecule has 2 rings (SSSR count). The Labute approximate surface area is 126 Å². The minimum atomic E-state index is 0.178. The van der Waals surface area contributed by atoms with Gasteiger partial charge in [-0.2, -0.15) is 0 Å². The summed E-state index contributed by atoms with van der Waals surface area (Å²) in [4.78, 5) is 11.1. The predicted octanol–water partition coefficient (Wildman–Crippen LogP) is 1.98. The summed E-state index contributed by atoms with van der Waals surface area (Å²) in [6.45, 7) is 4.06. The van der Waals surface area contributed by atoms with Crippen molar-refractivity contribution in [2.75, 3.05) is 38.9 Å². The zero-order valence-corrected chi connectivity index (χ0v) is 13.5. The molecule has 0 amide bonds. The highest BCUT2D eigenvalue weighted by molar-refractivity contribution is 9.10. The second kappa shape index (κ2) is 7.01. The molecule has 1 atom stereocenters. The van der Waals surface area contributed by atoms with Crippen LogP contribution in [0.3, 0.4) is 0 Å². The Bertz CT molecular complexity index is 560. The van der Waals surface area contributed by atoms with Crippen LogP contribution in [0.4, 0.5) is 5.82 Å². The fourth-order valence-corrected chi connectivity index (χ4v) is 2.52. The predicted molar refractivity (Wildman–Crippen MR) is 81.2 cm³/mol. The standard InChI is InChI=1S/C13H19BrN4O2/c1-10(9-20-3)18(6-7-19-2)13-12-15-4-5-17(12)8-11(14)16-13/h4-5,8,10H,6-7,9H2,1-3H3. The first-order valence-electron chi connectivity index (χ1n) is 6.41. The molecule has 0 saturated heterocycles. The number of halogens is 1. The van der Waals surface area contributed by atoms with Crippen molar-refractivity contribution < 1.29 is 9.47 Å². The van der Waals surface area contributed by atoms with Gasteiger partial charge < -0.3 is 18.8 Å². The third-order valence-electron chi connectivity index (χ3n) is 3.08. The van der Waals surface area contributed by atoms with Gasteiger partial charge in [-0.3, -0.25) is 0 Å². The summed E-state index contributed by atoms with van der Waals surface area (Å²) in [5.74, 6) is 0.825. The zero-order valence-electron chi connectivity index (χ0n) is 11.9. The number of fused-ring (bicyclic) bond motifs is 1. The highest BCUT2D eigenvalue weighted by Gasteiger charge is 2.20. The maximum Gasteiger partial charge on any atom is 0.180 e. The highest BCUT2D eigenvalue weighted by Crippen LogP contribution is 2.22. The zero-order chi connectivity index (χ0) is 14.5. The van der Waals surface area contributed by atoms with E-state index in [1.54, 1.807) is 20.4 Å². The number of nitrogens with zero attached hydrogens (tertiary/aromatic N) is 4. The van der Waals surface area contributed by atoms with Gasteiger partial charge in [0.15, 0.2) is 11.5 Å². The van der Waals surface area contributed by atoms with Crippen LogP contribution in [0.5, 0.6) is 0 Å². The Morgan fingerprint density at radius 2 is 2.20 bits per heavy atom. The van der Waals surface area contributed by atoms with Gasteiger partial charge in [0.1, 0.15) is 4.60 Å². The van der Waals surface area contributed by atoms with Crippen LogP contribution in [0.25, 0.3) is 5.65 Å². The molecule has 0 aliphatic rings. The van der Waals surface area contributed by atoms with E-state index in [0.717, 1.165) is 22.6 Å². The molecule has 2 aromatic rings. The van der Waals surface area contributed by atoms with Gasteiger partial charge in [0.05, 0.1) is 19.3 Å². The van der Waals surface area contributed by atoms with Crippen molar-refractivity contribution in [1.82, 2.24) is 14.4 Å². The number of rotatable bonds is 7. The van der Waals surface area contributed by atoms with E-state index in [1.165, 1.54) is 0 Å². The molecule has 1 unspecified atom stereocenters. The van der Waals surface area contributed by atoms with Gasteiger partial charge in [-0.15, -0.1) is 0 Å². The third-order valence-corrected chi connectivity index (χ3v) is 3.46.